The maximum absolute atomic E-state index is 12.7. The Bertz CT molecular complexity index is 709. The topological polar surface area (TPSA) is 73.8 Å². The molecule has 1 amide bonds. The molecular weight excluding hydrogens is 305 g/mol. The molecule has 2 N–H and O–H groups in total. The van der Waals surface area contributed by atoms with Gasteiger partial charge < -0.3 is 5.73 Å². The van der Waals surface area contributed by atoms with E-state index in [1.165, 1.54) is 23.3 Å². The number of nitrogens with two attached hydrogens (primary N) is 1. The Morgan fingerprint density at radius 3 is 2.67 bits per heavy atom. The summed E-state index contributed by atoms with van der Waals surface area (Å²) in [6.45, 7) is 0. The molecule has 9 heteroatoms. The van der Waals surface area contributed by atoms with E-state index in [1.54, 1.807) is 0 Å². The molecule has 0 radical (unpaired) electrons. The Morgan fingerprint density at radius 2 is 2.05 bits per heavy atom. The molecule has 2 aromatic rings. The van der Waals surface area contributed by atoms with Crippen LogP contribution >= 0.6 is 12.6 Å². The first-order chi connectivity index (χ1) is 9.75. The van der Waals surface area contributed by atoms with Crippen molar-refractivity contribution in [1.29, 1.82) is 0 Å². The molecule has 0 bridgehead atoms. The first-order valence-electron chi connectivity index (χ1n) is 5.56. The second-order valence-corrected chi connectivity index (χ2v) is 4.55. The highest BCUT2D eigenvalue weighted by Gasteiger charge is 2.31. The lowest BCUT2D eigenvalue weighted by Gasteiger charge is -2.08. The quantitative estimate of drug-likeness (QED) is 0.674. The first-order valence-corrected chi connectivity index (χ1v) is 6.01. The first kappa shape index (κ1) is 15.1. The van der Waals surface area contributed by atoms with Crippen molar-refractivity contribution >= 4 is 24.7 Å². The molecule has 0 atom stereocenters. The number of primary amides is 1. The number of rotatable bonds is 3. The van der Waals surface area contributed by atoms with E-state index in [9.17, 15) is 18.0 Å². The fraction of sp³-hybridized carbons (Fsp3) is 0.0833. The van der Waals surface area contributed by atoms with Crippen LogP contribution in [0.2, 0.25) is 0 Å². The lowest BCUT2D eigenvalue weighted by molar-refractivity contribution is -0.137. The summed E-state index contributed by atoms with van der Waals surface area (Å²) < 4.78 is 39.4. The van der Waals surface area contributed by atoms with Gasteiger partial charge in [-0.3, -0.25) is 4.79 Å². The molecule has 0 spiro atoms. The van der Waals surface area contributed by atoms with Gasteiger partial charge in [0.25, 0.3) is 0 Å². The van der Waals surface area contributed by atoms with Crippen molar-refractivity contribution in [2.45, 2.75) is 11.1 Å². The number of alkyl halides is 3. The van der Waals surface area contributed by atoms with E-state index in [1.807, 2.05) is 0 Å². The minimum Gasteiger partial charge on any atom is -0.366 e. The van der Waals surface area contributed by atoms with Crippen molar-refractivity contribution in [3.63, 3.8) is 0 Å². The monoisotopic (exact) mass is 314 g/mol. The highest BCUT2D eigenvalue weighted by atomic mass is 32.1. The van der Waals surface area contributed by atoms with Gasteiger partial charge >= 0.3 is 6.18 Å². The smallest absolute Gasteiger partial charge is 0.366 e. The summed E-state index contributed by atoms with van der Waals surface area (Å²) in [6.07, 6.45) is -0.947. The average Bonchev–Trinajstić information content (AvgIpc) is 2.83. The number of thiol groups is 1. The van der Waals surface area contributed by atoms with E-state index in [4.69, 9.17) is 5.73 Å². The SMILES string of the molecule is NC(=O)C=Cn1cnc(-c2cc(S)cc(C(F)(F)F)c2)n1. The van der Waals surface area contributed by atoms with Crippen LogP contribution < -0.4 is 5.73 Å². The van der Waals surface area contributed by atoms with E-state index >= 15 is 0 Å². The van der Waals surface area contributed by atoms with Crippen LogP contribution in [0.15, 0.2) is 35.5 Å². The van der Waals surface area contributed by atoms with E-state index in [0.717, 1.165) is 18.2 Å². The van der Waals surface area contributed by atoms with Gasteiger partial charge in [0.05, 0.1) is 5.56 Å². The Kier molecular flexibility index (Phi) is 4.03. The van der Waals surface area contributed by atoms with Crippen LogP contribution in [-0.2, 0) is 11.0 Å². The van der Waals surface area contributed by atoms with Gasteiger partial charge in [-0.2, -0.15) is 13.2 Å². The van der Waals surface area contributed by atoms with Crippen LogP contribution in [0.3, 0.4) is 0 Å². The highest BCUT2D eigenvalue weighted by Crippen LogP contribution is 2.33. The molecule has 1 aromatic carbocycles. The summed E-state index contributed by atoms with van der Waals surface area (Å²) >= 11 is 3.94. The average molecular weight is 314 g/mol. The van der Waals surface area contributed by atoms with E-state index in [-0.39, 0.29) is 16.3 Å². The Hall–Kier alpha value is -2.29. The number of benzene rings is 1. The fourth-order valence-corrected chi connectivity index (χ4v) is 1.81. The zero-order valence-electron chi connectivity index (χ0n) is 10.4. The van der Waals surface area contributed by atoms with Gasteiger partial charge in [-0.1, -0.05) is 0 Å². The molecule has 0 unspecified atom stereocenters. The number of carbonyl (C=O) groups is 1. The zero-order valence-corrected chi connectivity index (χ0v) is 11.3. The molecule has 0 saturated heterocycles. The fourth-order valence-electron chi connectivity index (χ4n) is 1.53. The molecule has 5 nitrogen and oxygen atoms in total. The summed E-state index contributed by atoms with van der Waals surface area (Å²) in [4.78, 5) is 14.6. The van der Waals surface area contributed by atoms with Crippen LogP contribution in [-0.4, -0.2) is 20.7 Å². The number of carbonyl (C=O) groups excluding carboxylic acids is 1. The van der Waals surface area contributed by atoms with Crippen molar-refractivity contribution in [2.75, 3.05) is 0 Å². The number of hydrogen-bond donors (Lipinski definition) is 2. The van der Waals surface area contributed by atoms with Crippen LogP contribution in [0, 0.1) is 0 Å². The van der Waals surface area contributed by atoms with Gasteiger partial charge in [-0.25, -0.2) is 9.67 Å². The summed E-state index contributed by atoms with van der Waals surface area (Å²) in [5, 5.41) is 3.93. The molecule has 0 saturated carbocycles. The summed E-state index contributed by atoms with van der Waals surface area (Å²) in [5.74, 6) is -0.603. The number of halogens is 3. The molecule has 110 valence electrons. The van der Waals surface area contributed by atoms with Crippen LogP contribution in [0.5, 0.6) is 0 Å². The molecule has 1 heterocycles. The Morgan fingerprint density at radius 1 is 1.33 bits per heavy atom. The lowest BCUT2D eigenvalue weighted by Crippen LogP contribution is -2.06. The third-order valence-electron chi connectivity index (χ3n) is 2.40. The van der Waals surface area contributed by atoms with E-state index in [2.05, 4.69) is 22.7 Å². The molecule has 0 aliphatic rings. The van der Waals surface area contributed by atoms with E-state index < -0.39 is 17.6 Å². The van der Waals surface area contributed by atoms with Crippen molar-refractivity contribution in [2.24, 2.45) is 5.73 Å². The molecule has 2 rings (SSSR count). The van der Waals surface area contributed by atoms with Gasteiger partial charge in [-0.05, 0) is 18.2 Å². The standard InChI is InChI=1S/C12H9F3N4OS/c13-12(14,15)8-3-7(4-9(21)5-8)11-17-6-19(18-11)2-1-10(16)20/h1-6,21H,(H2,16,20). The Balaban J connectivity index is 2.39. The number of aromatic nitrogens is 3. The summed E-state index contributed by atoms with van der Waals surface area (Å²) in [6, 6.07) is 3.25. The maximum Gasteiger partial charge on any atom is 0.416 e. The van der Waals surface area contributed by atoms with Gasteiger partial charge in [0.1, 0.15) is 6.33 Å². The normalized spacial score (nSPS) is 12.0. The molecule has 0 aliphatic carbocycles. The van der Waals surface area contributed by atoms with Crippen molar-refractivity contribution in [1.82, 2.24) is 14.8 Å². The summed E-state index contributed by atoms with van der Waals surface area (Å²) in [5.41, 5.74) is 4.25. The van der Waals surface area contributed by atoms with E-state index in [0.29, 0.717) is 0 Å². The minimum atomic E-state index is -4.48. The molecule has 0 aliphatic heterocycles. The second kappa shape index (κ2) is 5.60. The molecular formula is C12H9F3N4OS. The third-order valence-corrected chi connectivity index (χ3v) is 2.66. The summed E-state index contributed by atoms with van der Waals surface area (Å²) in [7, 11) is 0. The predicted octanol–water partition coefficient (Wildman–Crippen LogP) is 2.21. The molecule has 21 heavy (non-hydrogen) atoms. The van der Waals surface area contributed by atoms with Crippen LogP contribution in [0.25, 0.3) is 17.6 Å². The van der Waals surface area contributed by atoms with Gasteiger partial charge in [-0.15, -0.1) is 17.7 Å². The van der Waals surface area contributed by atoms with Gasteiger partial charge in [0.2, 0.25) is 5.91 Å². The lowest BCUT2D eigenvalue weighted by atomic mass is 10.1. The zero-order chi connectivity index (χ0) is 15.6. The van der Waals surface area contributed by atoms with Gasteiger partial charge in [0.15, 0.2) is 5.82 Å². The number of amides is 1. The predicted molar refractivity (Wildman–Crippen MR) is 72.2 cm³/mol. The number of nitrogens with zero attached hydrogens (tertiary/aromatic N) is 3. The molecule has 1 aromatic heterocycles. The third kappa shape index (κ3) is 3.85. The van der Waals surface area contributed by atoms with Crippen molar-refractivity contribution in [3.8, 4) is 11.4 Å². The highest BCUT2D eigenvalue weighted by molar-refractivity contribution is 7.80. The van der Waals surface area contributed by atoms with Gasteiger partial charge in [0, 0.05) is 22.7 Å². The Labute approximate surface area is 122 Å². The van der Waals surface area contributed by atoms with Crippen LogP contribution in [0.4, 0.5) is 13.2 Å². The minimum absolute atomic E-state index is 0.0746. The maximum atomic E-state index is 12.7. The van der Waals surface area contributed by atoms with Crippen molar-refractivity contribution < 1.29 is 18.0 Å². The van der Waals surface area contributed by atoms with Crippen LogP contribution in [0.1, 0.15) is 5.56 Å². The second-order valence-electron chi connectivity index (χ2n) is 4.03. The largest absolute Gasteiger partial charge is 0.416 e. The molecule has 0 fully saturated rings. The van der Waals surface area contributed by atoms with Crippen molar-refractivity contribution in [3.05, 3.63) is 36.2 Å². The number of hydrogen-bond acceptors (Lipinski definition) is 4.